The van der Waals surface area contributed by atoms with Gasteiger partial charge in [0, 0.05) is 5.56 Å². The van der Waals surface area contributed by atoms with Crippen LogP contribution < -0.4 is 0 Å². The first-order valence-electron chi connectivity index (χ1n) is 6.07. The van der Waals surface area contributed by atoms with E-state index in [4.69, 9.17) is 0 Å². The van der Waals surface area contributed by atoms with Crippen LogP contribution >= 0.6 is 0 Å². The number of hydrogen-bond acceptors (Lipinski definition) is 3. The molecule has 0 saturated heterocycles. The maximum absolute atomic E-state index is 4.07. The third-order valence-corrected chi connectivity index (χ3v) is 3.33. The van der Waals surface area contributed by atoms with Crippen LogP contribution in [0.2, 0.25) is 0 Å². The molecular weight excluding hydrogens is 236 g/mol. The summed E-state index contributed by atoms with van der Waals surface area (Å²) in [5.41, 5.74) is 0.997. The van der Waals surface area contributed by atoms with Crippen molar-refractivity contribution in [3.05, 3.63) is 54.6 Å². The topological polar surface area (TPSA) is 54.5 Å². The minimum atomic E-state index is 0.626. The first kappa shape index (κ1) is 10.2. The highest BCUT2D eigenvalue weighted by Crippen LogP contribution is 2.29. The fraction of sp³-hybridized carbons (Fsp3) is 0. The van der Waals surface area contributed by atoms with E-state index in [-0.39, 0.29) is 0 Å². The number of aromatic nitrogens is 4. The van der Waals surface area contributed by atoms with Crippen molar-refractivity contribution in [1.29, 1.82) is 0 Å². The fourth-order valence-electron chi connectivity index (χ4n) is 2.44. The van der Waals surface area contributed by atoms with Gasteiger partial charge in [-0.15, -0.1) is 10.2 Å². The van der Waals surface area contributed by atoms with Crippen LogP contribution in [0, 0.1) is 0 Å². The van der Waals surface area contributed by atoms with Gasteiger partial charge in [-0.25, -0.2) is 0 Å². The quantitative estimate of drug-likeness (QED) is 0.525. The lowest BCUT2D eigenvalue weighted by molar-refractivity contribution is 0.881. The van der Waals surface area contributed by atoms with Crippen LogP contribution in [0.5, 0.6) is 0 Å². The molecule has 1 heterocycles. The van der Waals surface area contributed by atoms with Crippen molar-refractivity contribution in [2.45, 2.75) is 0 Å². The highest BCUT2D eigenvalue weighted by molar-refractivity contribution is 6.04. The second-order valence-corrected chi connectivity index (χ2v) is 4.46. The van der Waals surface area contributed by atoms with Crippen molar-refractivity contribution in [1.82, 2.24) is 20.6 Å². The zero-order chi connectivity index (χ0) is 12.7. The number of nitrogens with zero attached hydrogens (tertiary/aromatic N) is 3. The normalized spacial score (nSPS) is 11.2. The van der Waals surface area contributed by atoms with Crippen molar-refractivity contribution in [2.75, 3.05) is 0 Å². The molecule has 0 spiro atoms. The zero-order valence-electron chi connectivity index (χ0n) is 10.0. The lowest BCUT2D eigenvalue weighted by atomic mass is 9.99. The van der Waals surface area contributed by atoms with Crippen LogP contribution in [-0.4, -0.2) is 20.6 Å². The molecule has 4 rings (SSSR count). The highest BCUT2D eigenvalue weighted by Gasteiger charge is 2.08. The predicted molar refractivity (Wildman–Crippen MR) is 74.6 cm³/mol. The van der Waals surface area contributed by atoms with Crippen LogP contribution in [0.15, 0.2) is 54.6 Å². The summed E-state index contributed by atoms with van der Waals surface area (Å²) >= 11 is 0. The Morgan fingerprint density at radius 3 is 2.37 bits per heavy atom. The first-order chi connectivity index (χ1) is 9.42. The predicted octanol–water partition coefficient (Wildman–Crippen LogP) is 3.17. The average Bonchev–Trinajstić information content (AvgIpc) is 2.98. The van der Waals surface area contributed by atoms with Gasteiger partial charge in [0.05, 0.1) is 0 Å². The van der Waals surface area contributed by atoms with E-state index in [1.807, 2.05) is 18.2 Å². The maximum Gasteiger partial charge on any atom is 0.205 e. The van der Waals surface area contributed by atoms with E-state index in [9.17, 15) is 0 Å². The Bertz CT molecular complexity index is 866. The first-order valence-corrected chi connectivity index (χ1v) is 6.07. The average molecular weight is 246 g/mol. The lowest BCUT2D eigenvalue weighted by Crippen LogP contribution is -1.84. The van der Waals surface area contributed by atoms with Gasteiger partial charge in [-0.05, 0) is 38.9 Å². The second-order valence-electron chi connectivity index (χ2n) is 4.46. The molecule has 4 nitrogen and oxygen atoms in total. The molecule has 1 N–H and O–H groups in total. The Morgan fingerprint density at radius 1 is 0.789 bits per heavy atom. The Hall–Kier alpha value is -2.75. The van der Waals surface area contributed by atoms with E-state index in [0.717, 1.165) is 10.9 Å². The molecule has 0 fully saturated rings. The van der Waals surface area contributed by atoms with Crippen LogP contribution in [0.4, 0.5) is 0 Å². The standard InChI is InChI=1S/C15H10N4/c1-2-5-11-9-14-12(8-10(11)4-1)6-3-7-13(14)15-16-18-19-17-15/h1-9H,(H,16,17,18,19). The highest BCUT2D eigenvalue weighted by atomic mass is 15.5. The molecule has 0 aliphatic rings. The summed E-state index contributed by atoms with van der Waals surface area (Å²) in [6.07, 6.45) is 0. The summed E-state index contributed by atoms with van der Waals surface area (Å²) in [6.45, 7) is 0. The summed E-state index contributed by atoms with van der Waals surface area (Å²) in [6, 6.07) is 18.8. The smallest absolute Gasteiger partial charge is 0.177 e. The lowest BCUT2D eigenvalue weighted by Gasteiger charge is -2.05. The molecule has 1 aromatic heterocycles. The number of H-pyrrole nitrogens is 1. The molecule has 0 radical (unpaired) electrons. The van der Waals surface area contributed by atoms with Gasteiger partial charge in [-0.3, -0.25) is 0 Å². The number of rotatable bonds is 1. The van der Waals surface area contributed by atoms with E-state index in [0.29, 0.717) is 5.82 Å². The summed E-state index contributed by atoms with van der Waals surface area (Å²) in [5, 5.41) is 19.0. The molecule has 4 aromatic rings. The minimum Gasteiger partial charge on any atom is -0.177 e. The van der Waals surface area contributed by atoms with Crippen LogP contribution in [-0.2, 0) is 0 Å². The number of fused-ring (bicyclic) bond motifs is 2. The van der Waals surface area contributed by atoms with Crippen LogP contribution in [0.3, 0.4) is 0 Å². The number of benzene rings is 3. The molecule has 0 amide bonds. The van der Waals surface area contributed by atoms with Gasteiger partial charge < -0.3 is 0 Å². The largest absolute Gasteiger partial charge is 0.205 e. The van der Waals surface area contributed by atoms with Gasteiger partial charge in [-0.2, -0.15) is 5.21 Å². The van der Waals surface area contributed by atoms with E-state index >= 15 is 0 Å². The minimum absolute atomic E-state index is 0.626. The molecule has 3 aromatic carbocycles. The zero-order valence-corrected chi connectivity index (χ0v) is 10.0. The Kier molecular flexibility index (Phi) is 2.08. The van der Waals surface area contributed by atoms with Gasteiger partial charge in [0.1, 0.15) is 0 Å². The number of aromatic amines is 1. The summed E-state index contributed by atoms with van der Waals surface area (Å²) < 4.78 is 0. The summed E-state index contributed by atoms with van der Waals surface area (Å²) in [4.78, 5) is 0. The molecule has 0 unspecified atom stereocenters. The van der Waals surface area contributed by atoms with Crippen molar-refractivity contribution >= 4 is 21.5 Å². The molecule has 0 saturated carbocycles. The second kappa shape index (κ2) is 3.88. The third-order valence-electron chi connectivity index (χ3n) is 3.33. The van der Waals surface area contributed by atoms with Gasteiger partial charge >= 0.3 is 0 Å². The van der Waals surface area contributed by atoms with Gasteiger partial charge in [0.2, 0.25) is 5.82 Å². The molecule has 0 aliphatic carbocycles. The van der Waals surface area contributed by atoms with Crippen molar-refractivity contribution in [3.63, 3.8) is 0 Å². The SMILES string of the molecule is c1ccc2cc3c(-c4nn[nH]n4)cccc3cc2c1. The number of tetrazole rings is 1. The van der Waals surface area contributed by atoms with E-state index in [1.54, 1.807) is 0 Å². The van der Waals surface area contributed by atoms with Crippen molar-refractivity contribution in [3.8, 4) is 11.4 Å². The molecule has 0 atom stereocenters. The third kappa shape index (κ3) is 1.57. The van der Waals surface area contributed by atoms with Gasteiger partial charge in [-0.1, -0.05) is 42.5 Å². The Morgan fingerprint density at radius 2 is 1.58 bits per heavy atom. The molecule has 4 heteroatoms. The van der Waals surface area contributed by atoms with E-state index < -0.39 is 0 Å². The summed E-state index contributed by atoms with van der Waals surface area (Å²) in [5.74, 6) is 0.626. The molecule has 90 valence electrons. The van der Waals surface area contributed by atoms with Crippen molar-refractivity contribution in [2.24, 2.45) is 0 Å². The van der Waals surface area contributed by atoms with Crippen molar-refractivity contribution < 1.29 is 0 Å². The van der Waals surface area contributed by atoms with E-state index in [2.05, 4.69) is 57.0 Å². The maximum atomic E-state index is 4.07. The molecule has 0 bridgehead atoms. The number of hydrogen-bond donors (Lipinski definition) is 1. The van der Waals surface area contributed by atoms with Crippen LogP contribution in [0.1, 0.15) is 0 Å². The van der Waals surface area contributed by atoms with Crippen LogP contribution in [0.25, 0.3) is 32.9 Å². The molecule has 0 aliphatic heterocycles. The number of nitrogens with one attached hydrogen (secondary N) is 1. The Balaban J connectivity index is 2.12. The Labute approximate surface area is 109 Å². The monoisotopic (exact) mass is 246 g/mol. The van der Waals surface area contributed by atoms with Gasteiger partial charge in [0.15, 0.2) is 0 Å². The molecular formula is C15H10N4. The summed E-state index contributed by atoms with van der Waals surface area (Å²) in [7, 11) is 0. The fourth-order valence-corrected chi connectivity index (χ4v) is 2.44. The van der Waals surface area contributed by atoms with Gasteiger partial charge in [0.25, 0.3) is 0 Å². The molecule has 19 heavy (non-hydrogen) atoms. The van der Waals surface area contributed by atoms with E-state index in [1.165, 1.54) is 16.2 Å².